The highest BCUT2D eigenvalue weighted by Crippen LogP contribution is 2.19. The molecule has 27 heavy (non-hydrogen) atoms. The highest BCUT2D eigenvalue weighted by atomic mass is 19.2. The highest BCUT2D eigenvalue weighted by molar-refractivity contribution is 5.99. The van der Waals surface area contributed by atoms with Gasteiger partial charge in [-0.05, 0) is 50.2 Å². The summed E-state index contributed by atoms with van der Waals surface area (Å²) < 4.78 is 39.5. The number of nitrogens with one attached hydrogen (secondary N) is 2. The lowest BCUT2D eigenvalue weighted by molar-refractivity contribution is -0.115. The van der Waals surface area contributed by atoms with Crippen LogP contribution in [0.4, 0.5) is 24.5 Å². The van der Waals surface area contributed by atoms with Crippen molar-refractivity contribution in [3.05, 3.63) is 59.4 Å². The molecule has 2 aromatic rings. The third-order valence-electron chi connectivity index (χ3n) is 3.98. The van der Waals surface area contributed by atoms with E-state index >= 15 is 0 Å². The van der Waals surface area contributed by atoms with E-state index in [-0.39, 0.29) is 0 Å². The number of rotatable bonds is 7. The Labute approximate surface area is 155 Å². The minimum Gasteiger partial charge on any atom is -0.372 e. The van der Waals surface area contributed by atoms with Crippen LogP contribution in [-0.2, 0) is 4.79 Å². The molecule has 0 bridgehead atoms. The highest BCUT2D eigenvalue weighted by Gasteiger charge is 2.16. The summed E-state index contributed by atoms with van der Waals surface area (Å²) in [5.41, 5.74) is 0.831. The first-order valence-electron chi connectivity index (χ1n) is 8.43. The van der Waals surface area contributed by atoms with Crippen LogP contribution in [0.25, 0.3) is 0 Å². The van der Waals surface area contributed by atoms with Crippen molar-refractivity contribution >= 4 is 23.2 Å². The van der Waals surface area contributed by atoms with Gasteiger partial charge in [0.15, 0.2) is 17.5 Å². The minimum absolute atomic E-state index is 0.359. The molecular formula is C19H20F3N3O2. The van der Waals surface area contributed by atoms with E-state index in [4.69, 9.17) is 0 Å². The van der Waals surface area contributed by atoms with Crippen LogP contribution in [0.5, 0.6) is 0 Å². The van der Waals surface area contributed by atoms with Crippen molar-refractivity contribution in [1.82, 2.24) is 5.32 Å². The topological polar surface area (TPSA) is 61.4 Å². The van der Waals surface area contributed by atoms with Gasteiger partial charge in [-0.15, -0.1) is 0 Å². The van der Waals surface area contributed by atoms with Gasteiger partial charge >= 0.3 is 0 Å². The fourth-order valence-electron chi connectivity index (χ4n) is 2.49. The molecule has 2 aromatic carbocycles. The van der Waals surface area contributed by atoms with Gasteiger partial charge in [-0.2, -0.15) is 0 Å². The van der Waals surface area contributed by atoms with Crippen molar-refractivity contribution in [1.29, 1.82) is 0 Å². The Bertz CT molecular complexity index is 822. The van der Waals surface area contributed by atoms with Crippen LogP contribution in [0.3, 0.4) is 0 Å². The van der Waals surface area contributed by atoms with Crippen LogP contribution >= 0.6 is 0 Å². The first-order valence-corrected chi connectivity index (χ1v) is 8.43. The molecule has 0 fully saturated rings. The molecule has 0 saturated heterocycles. The molecule has 2 N–H and O–H groups in total. The SMILES string of the molecule is CCN(CC)c1ccc(C(=O)NCC(=O)Nc2ccc(F)c(F)c2F)cc1. The van der Waals surface area contributed by atoms with Gasteiger partial charge in [0.05, 0.1) is 12.2 Å². The quantitative estimate of drug-likeness (QED) is 0.726. The molecule has 0 saturated carbocycles. The standard InChI is InChI=1S/C19H20F3N3O2/c1-3-25(4-2)13-7-5-12(6-8-13)19(27)23-11-16(26)24-15-10-9-14(20)17(21)18(15)22/h5-10H,3-4,11H2,1-2H3,(H,23,27)(H,24,26). The number of carbonyl (C=O) groups is 2. The average molecular weight is 379 g/mol. The zero-order valence-corrected chi connectivity index (χ0v) is 15.0. The fourth-order valence-corrected chi connectivity index (χ4v) is 2.49. The number of nitrogens with zero attached hydrogens (tertiary/aromatic N) is 1. The van der Waals surface area contributed by atoms with Gasteiger partial charge in [-0.3, -0.25) is 9.59 Å². The lowest BCUT2D eigenvalue weighted by Gasteiger charge is -2.21. The number of halogens is 3. The molecule has 0 aliphatic rings. The summed E-state index contributed by atoms with van der Waals surface area (Å²) in [6.07, 6.45) is 0. The van der Waals surface area contributed by atoms with Crippen LogP contribution in [-0.4, -0.2) is 31.4 Å². The molecule has 0 aromatic heterocycles. The summed E-state index contributed by atoms with van der Waals surface area (Å²) >= 11 is 0. The molecule has 0 spiro atoms. The average Bonchev–Trinajstić information content (AvgIpc) is 2.68. The number of amides is 2. The molecule has 2 rings (SSSR count). The van der Waals surface area contributed by atoms with Gasteiger partial charge in [-0.1, -0.05) is 0 Å². The maximum atomic E-state index is 13.5. The fraction of sp³-hybridized carbons (Fsp3) is 0.263. The van der Waals surface area contributed by atoms with Crippen LogP contribution in [0, 0.1) is 17.5 Å². The molecule has 5 nitrogen and oxygen atoms in total. The second kappa shape index (κ2) is 9.07. The third-order valence-corrected chi connectivity index (χ3v) is 3.98. The van der Waals surface area contributed by atoms with E-state index in [1.165, 1.54) is 0 Å². The molecule has 2 amide bonds. The normalized spacial score (nSPS) is 10.4. The number of carbonyl (C=O) groups excluding carboxylic acids is 2. The Morgan fingerprint density at radius 3 is 2.15 bits per heavy atom. The lowest BCUT2D eigenvalue weighted by atomic mass is 10.2. The molecule has 0 heterocycles. The largest absolute Gasteiger partial charge is 0.372 e. The zero-order valence-electron chi connectivity index (χ0n) is 15.0. The number of hydrogen-bond donors (Lipinski definition) is 2. The van der Waals surface area contributed by atoms with Crippen LogP contribution < -0.4 is 15.5 Å². The lowest BCUT2D eigenvalue weighted by Crippen LogP contribution is -2.33. The van der Waals surface area contributed by atoms with Gasteiger partial charge < -0.3 is 15.5 Å². The van der Waals surface area contributed by atoms with Crippen molar-refractivity contribution in [2.75, 3.05) is 29.9 Å². The smallest absolute Gasteiger partial charge is 0.251 e. The Hall–Kier alpha value is -3.03. The van der Waals surface area contributed by atoms with Crippen molar-refractivity contribution in [2.24, 2.45) is 0 Å². The van der Waals surface area contributed by atoms with E-state index in [0.717, 1.165) is 24.8 Å². The minimum atomic E-state index is -1.68. The van der Waals surface area contributed by atoms with Crippen molar-refractivity contribution < 1.29 is 22.8 Å². The summed E-state index contributed by atoms with van der Waals surface area (Å²) in [4.78, 5) is 26.0. The summed E-state index contributed by atoms with van der Waals surface area (Å²) in [6, 6.07) is 8.48. The van der Waals surface area contributed by atoms with E-state index < -0.39 is 41.5 Å². The zero-order chi connectivity index (χ0) is 20.0. The summed E-state index contributed by atoms with van der Waals surface area (Å²) in [5, 5.41) is 4.47. The van der Waals surface area contributed by atoms with Crippen LogP contribution in [0.15, 0.2) is 36.4 Å². The Morgan fingerprint density at radius 2 is 1.56 bits per heavy atom. The monoisotopic (exact) mass is 379 g/mol. The van der Waals surface area contributed by atoms with Crippen molar-refractivity contribution in [3.8, 4) is 0 Å². The van der Waals surface area contributed by atoms with Crippen LogP contribution in [0.1, 0.15) is 24.2 Å². The molecule has 0 radical (unpaired) electrons. The number of benzene rings is 2. The van der Waals surface area contributed by atoms with Gasteiger partial charge in [-0.25, -0.2) is 13.2 Å². The molecule has 0 unspecified atom stereocenters. The van der Waals surface area contributed by atoms with Gasteiger partial charge in [0, 0.05) is 24.3 Å². The van der Waals surface area contributed by atoms with E-state index in [0.29, 0.717) is 11.6 Å². The molecule has 0 aliphatic carbocycles. The first-order chi connectivity index (χ1) is 12.9. The Kier molecular flexibility index (Phi) is 6.81. The Morgan fingerprint density at radius 1 is 0.926 bits per heavy atom. The predicted molar refractivity (Wildman–Crippen MR) is 97.3 cm³/mol. The second-order valence-corrected chi connectivity index (χ2v) is 5.67. The van der Waals surface area contributed by atoms with E-state index in [1.807, 2.05) is 13.8 Å². The maximum absolute atomic E-state index is 13.5. The first kappa shape index (κ1) is 20.3. The summed E-state index contributed by atoms with van der Waals surface area (Å²) in [7, 11) is 0. The second-order valence-electron chi connectivity index (χ2n) is 5.67. The van der Waals surface area contributed by atoms with Crippen LogP contribution in [0.2, 0.25) is 0 Å². The summed E-state index contributed by atoms with van der Waals surface area (Å²) in [5.74, 6) is -5.78. The van der Waals surface area contributed by atoms with Gasteiger partial charge in [0.25, 0.3) is 5.91 Å². The molecule has 8 heteroatoms. The summed E-state index contributed by atoms with van der Waals surface area (Å²) in [6.45, 7) is 5.28. The molecular weight excluding hydrogens is 359 g/mol. The number of anilines is 2. The van der Waals surface area contributed by atoms with Gasteiger partial charge in [0.1, 0.15) is 0 Å². The molecule has 0 aliphatic heterocycles. The number of hydrogen-bond acceptors (Lipinski definition) is 3. The third kappa shape index (κ3) is 4.99. The Balaban J connectivity index is 1.93. The van der Waals surface area contributed by atoms with Crippen molar-refractivity contribution in [3.63, 3.8) is 0 Å². The van der Waals surface area contributed by atoms with E-state index in [9.17, 15) is 22.8 Å². The molecule has 144 valence electrons. The molecule has 0 atom stereocenters. The van der Waals surface area contributed by atoms with Crippen molar-refractivity contribution in [2.45, 2.75) is 13.8 Å². The predicted octanol–water partition coefficient (Wildman–Crippen LogP) is 3.32. The van der Waals surface area contributed by atoms with E-state index in [2.05, 4.69) is 15.5 Å². The van der Waals surface area contributed by atoms with E-state index in [1.54, 1.807) is 24.3 Å². The maximum Gasteiger partial charge on any atom is 0.251 e. The van der Waals surface area contributed by atoms with Gasteiger partial charge in [0.2, 0.25) is 5.91 Å².